The topological polar surface area (TPSA) is 95.5 Å². The summed E-state index contributed by atoms with van der Waals surface area (Å²) >= 11 is 0. The van der Waals surface area contributed by atoms with Crippen LogP contribution >= 0.6 is 0 Å². The van der Waals surface area contributed by atoms with E-state index in [1.54, 1.807) is 73.8 Å². The number of benzene rings is 3. The van der Waals surface area contributed by atoms with Crippen LogP contribution in [-0.2, 0) is 4.79 Å². The largest absolute Gasteiger partial charge is 0.497 e. The zero-order valence-electron chi connectivity index (χ0n) is 18.3. The third-order valence-electron chi connectivity index (χ3n) is 4.31. The Morgan fingerprint density at radius 2 is 1.64 bits per heavy atom. The second-order valence-corrected chi connectivity index (χ2v) is 6.65. The number of hydrogen-bond donors (Lipinski definition) is 1. The molecule has 0 aromatic heterocycles. The van der Waals surface area contributed by atoms with Crippen molar-refractivity contribution in [1.82, 2.24) is 5.43 Å². The number of rotatable bonds is 10. The molecule has 0 fully saturated rings. The van der Waals surface area contributed by atoms with Crippen LogP contribution in [0.5, 0.6) is 23.0 Å². The number of carbonyl (C=O) groups is 2. The van der Waals surface area contributed by atoms with Gasteiger partial charge in [0, 0.05) is 0 Å². The van der Waals surface area contributed by atoms with Gasteiger partial charge in [-0.3, -0.25) is 4.79 Å². The van der Waals surface area contributed by atoms with Gasteiger partial charge in [-0.2, -0.15) is 5.10 Å². The van der Waals surface area contributed by atoms with Crippen LogP contribution in [0.2, 0.25) is 0 Å². The third-order valence-corrected chi connectivity index (χ3v) is 4.31. The molecule has 3 aromatic carbocycles. The molecule has 1 N–H and O–H groups in total. The van der Waals surface area contributed by atoms with Crippen molar-refractivity contribution in [3.05, 3.63) is 83.9 Å². The van der Waals surface area contributed by atoms with Gasteiger partial charge in [-0.05, 0) is 67.1 Å². The lowest BCUT2D eigenvalue weighted by Crippen LogP contribution is -2.24. The molecule has 33 heavy (non-hydrogen) atoms. The SMILES string of the molecule is CCOc1cc(C=NNC(=O)COc2ccc(OC)cc2)ccc1OC(=O)c1ccccc1. The molecule has 0 unspecified atom stereocenters. The van der Waals surface area contributed by atoms with Crippen LogP contribution < -0.4 is 24.4 Å². The van der Waals surface area contributed by atoms with E-state index in [2.05, 4.69) is 10.5 Å². The fourth-order valence-corrected chi connectivity index (χ4v) is 2.72. The lowest BCUT2D eigenvalue weighted by Gasteiger charge is -2.11. The Hall–Kier alpha value is -4.33. The molecular formula is C25H24N2O6. The van der Waals surface area contributed by atoms with Crippen molar-refractivity contribution in [2.75, 3.05) is 20.3 Å². The number of methoxy groups -OCH3 is 1. The Bertz CT molecular complexity index is 1100. The number of ether oxygens (including phenoxy) is 4. The minimum atomic E-state index is -0.484. The molecule has 3 aromatic rings. The molecule has 0 aliphatic rings. The number of amides is 1. The zero-order chi connectivity index (χ0) is 23.5. The molecule has 8 nitrogen and oxygen atoms in total. The van der Waals surface area contributed by atoms with Crippen LogP contribution in [-0.4, -0.2) is 38.4 Å². The summed E-state index contributed by atoms with van der Waals surface area (Å²) in [5, 5.41) is 3.93. The molecule has 0 aliphatic carbocycles. The van der Waals surface area contributed by atoms with Crippen molar-refractivity contribution in [3.8, 4) is 23.0 Å². The Balaban J connectivity index is 1.56. The number of esters is 1. The van der Waals surface area contributed by atoms with E-state index < -0.39 is 11.9 Å². The highest BCUT2D eigenvalue weighted by molar-refractivity contribution is 5.91. The molecule has 1 amide bonds. The molecule has 0 radical (unpaired) electrons. The van der Waals surface area contributed by atoms with Crippen molar-refractivity contribution in [2.24, 2.45) is 5.10 Å². The van der Waals surface area contributed by atoms with E-state index in [1.165, 1.54) is 6.21 Å². The normalized spacial score (nSPS) is 10.5. The highest BCUT2D eigenvalue weighted by Crippen LogP contribution is 2.29. The highest BCUT2D eigenvalue weighted by Gasteiger charge is 2.13. The van der Waals surface area contributed by atoms with Gasteiger partial charge < -0.3 is 18.9 Å². The van der Waals surface area contributed by atoms with Crippen molar-refractivity contribution in [3.63, 3.8) is 0 Å². The Kier molecular flexibility index (Phi) is 8.41. The van der Waals surface area contributed by atoms with Crippen LogP contribution in [0.15, 0.2) is 77.9 Å². The Labute approximate surface area is 191 Å². The maximum atomic E-state index is 12.3. The minimum Gasteiger partial charge on any atom is -0.497 e. The van der Waals surface area contributed by atoms with Crippen LogP contribution in [0.25, 0.3) is 0 Å². The summed E-state index contributed by atoms with van der Waals surface area (Å²) in [6.45, 7) is 2.02. The fourth-order valence-electron chi connectivity index (χ4n) is 2.72. The van der Waals surface area contributed by atoms with E-state index in [1.807, 2.05) is 13.0 Å². The van der Waals surface area contributed by atoms with Gasteiger partial charge in [0.2, 0.25) is 0 Å². The van der Waals surface area contributed by atoms with Gasteiger partial charge in [-0.1, -0.05) is 18.2 Å². The summed E-state index contributed by atoms with van der Waals surface area (Å²) in [7, 11) is 1.57. The molecule has 0 bridgehead atoms. The van der Waals surface area contributed by atoms with E-state index in [-0.39, 0.29) is 6.61 Å². The monoisotopic (exact) mass is 448 g/mol. The van der Waals surface area contributed by atoms with Gasteiger partial charge in [-0.15, -0.1) is 0 Å². The van der Waals surface area contributed by atoms with Crippen molar-refractivity contribution < 1.29 is 28.5 Å². The smallest absolute Gasteiger partial charge is 0.343 e. The summed E-state index contributed by atoms with van der Waals surface area (Å²) < 4.78 is 21.5. The number of nitrogens with zero attached hydrogens (tertiary/aromatic N) is 1. The predicted molar refractivity (Wildman–Crippen MR) is 123 cm³/mol. The van der Waals surface area contributed by atoms with E-state index >= 15 is 0 Å². The van der Waals surface area contributed by atoms with Crippen LogP contribution in [0.3, 0.4) is 0 Å². The maximum absolute atomic E-state index is 12.3. The van der Waals surface area contributed by atoms with Gasteiger partial charge in [0.05, 0.1) is 25.5 Å². The van der Waals surface area contributed by atoms with Gasteiger partial charge in [0.15, 0.2) is 18.1 Å². The number of hydrogen-bond acceptors (Lipinski definition) is 7. The fraction of sp³-hybridized carbons (Fsp3) is 0.160. The summed E-state index contributed by atoms with van der Waals surface area (Å²) in [6, 6.07) is 20.5. The van der Waals surface area contributed by atoms with E-state index in [4.69, 9.17) is 18.9 Å². The lowest BCUT2D eigenvalue weighted by molar-refractivity contribution is -0.123. The summed E-state index contributed by atoms with van der Waals surface area (Å²) in [6.07, 6.45) is 1.45. The van der Waals surface area contributed by atoms with E-state index in [0.717, 1.165) is 0 Å². The quantitative estimate of drug-likeness (QED) is 0.219. The van der Waals surface area contributed by atoms with Crippen LogP contribution in [0, 0.1) is 0 Å². The number of hydrazone groups is 1. The maximum Gasteiger partial charge on any atom is 0.343 e. The summed E-state index contributed by atoms with van der Waals surface area (Å²) in [5.41, 5.74) is 3.48. The molecular weight excluding hydrogens is 424 g/mol. The molecule has 0 heterocycles. The molecule has 0 saturated heterocycles. The molecule has 3 rings (SSSR count). The van der Waals surface area contributed by atoms with E-state index in [9.17, 15) is 9.59 Å². The first-order valence-electron chi connectivity index (χ1n) is 10.2. The van der Waals surface area contributed by atoms with Crippen molar-refractivity contribution in [1.29, 1.82) is 0 Å². The second-order valence-electron chi connectivity index (χ2n) is 6.65. The van der Waals surface area contributed by atoms with Crippen molar-refractivity contribution in [2.45, 2.75) is 6.92 Å². The van der Waals surface area contributed by atoms with Gasteiger partial charge in [-0.25, -0.2) is 10.2 Å². The minimum absolute atomic E-state index is 0.192. The van der Waals surface area contributed by atoms with Crippen LogP contribution in [0.1, 0.15) is 22.8 Å². The summed E-state index contributed by atoms with van der Waals surface area (Å²) in [5.74, 6) is 1.02. The Morgan fingerprint density at radius 3 is 2.33 bits per heavy atom. The Morgan fingerprint density at radius 1 is 0.909 bits per heavy atom. The van der Waals surface area contributed by atoms with Gasteiger partial charge >= 0.3 is 5.97 Å². The second kappa shape index (κ2) is 11.9. The first-order chi connectivity index (χ1) is 16.1. The molecule has 0 saturated carbocycles. The van der Waals surface area contributed by atoms with E-state index in [0.29, 0.717) is 40.7 Å². The highest BCUT2D eigenvalue weighted by atomic mass is 16.6. The number of nitrogens with one attached hydrogen (secondary N) is 1. The first kappa shape index (κ1) is 23.3. The van der Waals surface area contributed by atoms with Gasteiger partial charge in [0.25, 0.3) is 5.91 Å². The standard InChI is InChI=1S/C25H24N2O6/c1-3-31-23-15-18(9-14-22(23)33-25(29)19-7-5-4-6-8-19)16-26-27-24(28)17-32-21-12-10-20(30-2)11-13-21/h4-16H,3,17H2,1-2H3,(H,27,28). The van der Waals surface area contributed by atoms with Gasteiger partial charge in [0.1, 0.15) is 11.5 Å². The third kappa shape index (κ3) is 7.10. The molecule has 0 atom stereocenters. The van der Waals surface area contributed by atoms with Crippen LogP contribution in [0.4, 0.5) is 0 Å². The zero-order valence-corrected chi connectivity index (χ0v) is 18.3. The molecule has 0 aliphatic heterocycles. The number of carbonyl (C=O) groups excluding carboxylic acids is 2. The predicted octanol–water partition coefficient (Wildman–Crippen LogP) is 3.84. The van der Waals surface area contributed by atoms with Crippen molar-refractivity contribution >= 4 is 18.1 Å². The molecule has 0 spiro atoms. The molecule has 170 valence electrons. The first-order valence-corrected chi connectivity index (χ1v) is 10.2. The molecule has 8 heteroatoms. The lowest BCUT2D eigenvalue weighted by atomic mass is 10.2. The average Bonchev–Trinajstić information content (AvgIpc) is 2.85. The summed E-state index contributed by atoms with van der Waals surface area (Å²) in [4.78, 5) is 24.3. The average molecular weight is 448 g/mol.